The standard InChI is InChI=1S/C22H28N2O2/c1-15-11-12-19(14-16(15)2)21(18-8-5-4-6-9-18)24-22(25)23-17(3)20-10-7-13-26-20/h4-6,8-9,11-12,14,17,20-21H,7,10,13H2,1-3H3,(H2,23,24,25). The summed E-state index contributed by atoms with van der Waals surface area (Å²) in [7, 11) is 0. The van der Waals surface area contributed by atoms with E-state index in [2.05, 4.69) is 42.7 Å². The molecule has 0 spiro atoms. The lowest BCUT2D eigenvalue weighted by molar-refractivity contribution is 0.0859. The predicted octanol–water partition coefficient (Wildman–Crippen LogP) is 4.26. The van der Waals surface area contributed by atoms with Gasteiger partial charge in [0.05, 0.1) is 18.2 Å². The second-order valence-corrected chi connectivity index (χ2v) is 7.15. The third-order valence-corrected chi connectivity index (χ3v) is 5.15. The van der Waals surface area contributed by atoms with Crippen LogP contribution in [0.4, 0.5) is 4.79 Å². The molecule has 1 aliphatic rings. The van der Waals surface area contributed by atoms with Crippen LogP contribution in [0.15, 0.2) is 48.5 Å². The van der Waals surface area contributed by atoms with E-state index < -0.39 is 0 Å². The number of amides is 2. The number of urea groups is 1. The number of rotatable bonds is 5. The Hall–Kier alpha value is -2.33. The molecule has 3 atom stereocenters. The summed E-state index contributed by atoms with van der Waals surface area (Å²) >= 11 is 0. The van der Waals surface area contributed by atoms with Gasteiger partial charge in [0.1, 0.15) is 0 Å². The minimum atomic E-state index is -0.188. The van der Waals surface area contributed by atoms with Crippen LogP contribution in [0.5, 0.6) is 0 Å². The van der Waals surface area contributed by atoms with Gasteiger partial charge in [-0.05, 0) is 55.9 Å². The average Bonchev–Trinajstić information content (AvgIpc) is 3.18. The van der Waals surface area contributed by atoms with Gasteiger partial charge in [0.25, 0.3) is 0 Å². The number of ether oxygens (including phenoxy) is 1. The number of carbonyl (C=O) groups excluding carboxylic acids is 1. The van der Waals surface area contributed by atoms with E-state index >= 15 is 0 Å². The first-order chi connectivity index (χ1) is 12.5. The van der Waals surface area contributed by atoms with Crippen LogP contribution in [0.3, 0.4) is 0 Å². The highest BCUT2D eigenvalue weighted by molar-refractivity contribution is 5.75. The zero-order valence-electron chi connectivity index (χ0n) is 15.8. The highest BCUT2D eigenvalue weighted by Crippen LogP contribution is 2.24. The summed E-state index contributed by atoms with van der Waals surface area (Å²) in [5.41, 5.74) is 4.62. The van der Waals surface area contributed by atoms with Crippen LogP contribution in [-0.2, 0) is 4.74 Å². The maximum atomic E-state index is 12.6. The van der Waals surface area contributed by atoms with Crippen molar-refractivity contribution in [1.82, 2.24) is 10.6 Å². The highest BCUT2D eigenvalue weighted by Gasteiger charge is 2.25. The van der Waals surface area contributed by atoms with Crippen LogP contribution >= 0.6 is 0 Å². The summed E-state index contributed by atoms with van der Waals surface area (Å²) in [4.78, 5) is 12.6. The molecule has 0 saturated carbocycles. The Morgan fingerprint density at radius 1 is 1.04 bits per heavy atom. The second kappa shape index (κ2) is 8.37. The first kappa shape index (κ1) is 18.5. The lowest BCUT2D eigenvalue weighted by Crippen LogP contribution is -2.47. The van der Waals surface area contributed by atoms with Gasteiger partial charge < -0.3 is 15.4 Å². The third kappa shape index (κ3) is 4.44. The Kier molecular flexibility index (Phi) is 5.94. The molecule has 1 aliphatic heterocycles. The number of hydrogen-bond acceptors (Lipinski definition) is 2. The molecule has 2 N–H and O–H groups in total. The van der Waals surface area contributed by atoms with Crippen molar-refractivity contribution < 1.29 is 9.53 Å². The van der Waals surface area contributed by atoms with Gasteiger partial charge >= 0.3 is 6.03 Å². The van der Waals surface area contributed by atoms with Crippen LogP contribution in [0.1, 0.15) is 48.1 Å². The van der Waals surface area contributed by atoms with Crippen LogP contribution in [0, 0.1) is 13.8 Å². The molecule has 1 saturated heterocycles. The fourth-order valence-electron chi connectivity index (χ4n) is 3.42. The monoisotopic (exact) mass is 352 g/mol. The minimum Gasteiger partial charge on any atom is -0.376 e. The minimum absolute atomic E-state index is 0.00585. The molecule has 0 aromatic heterocycles. The molecule has 3 unspecified atom stereocenters. The molecule has 4 nitrogen and oxygen atoms in total. The summed E-state index contributed by atoms with van der Waals surface area (Å²) in [6, 6.07) is 16.1. The lowest BCUT2D eigenvalue weighted by Gasteiger charge is -2.24. The van der Waals surface area contributed by atoms with E-state index in [9.17, 15) is 4.79 Å². The van der Waals surface area contributed by atoms with Crippen molar-refractivity contribution >= 4 is 6.03 Å². The number of carbonyl (C=O) groups is 1. The summed E-state index contributed by atoms with van der Waals surface area (Å²) in [5.74, 6) is 0. The molecule has 0 radical (unpaired) electrons. The molecule has 1 fully saturated rings. The molecule has 138 valence electrons. The van der Waals surface area contributed by atoms with E-state index in [0.717, 1.165) is 30.6 Å². The van der Waals surface area contributed by atoms with Crippen molar-refractivity contribution in [3.05, 3.63) is 70.8 Å². The van der Waals surface area contributed by atoms with Crippen LogP contribution in [0.25, 0.3) is 0 Å². The fraction of sp³-hybridized carbons (Fsp3) is 0.409. The molecule has 26 heavy (non-hydrogen) atoms. The zero-order chi connectivity index (χ0) is 18.5. The van der Waals surface area contributed by atoms with Gasteiger partial charge in [-0.25, -0.2) is 4.79 Å². The molecule has 0 bridgehead atoms. The van der Waals surface area contributed by atoms with Gasteiger partial charge in [-0.1, -0.05) is 48.5 Å². The summed E-state index contributed by atoms with van der Waals surface area (Å²) < 4.78 is 5.68. The maximum Gasteiger partial charge on any atom is 0.315 e. The van der Waals surface area contributed by atoms with Gasteiger partial charge in [-0.2, -0.15) is 0 Å². The van der Waals surface area contributed by atoms with Gasteiger partial charge in [0, 0.05) is 6.61 Å². The molecule has 1 heterocycles. The number of nitrogens with one attached hydrogen (secondary N) is 2. The van der Waals surface area contributed by atoms with Gasteiger partial charge in [0.2, 0.25) is 0 Å². The molecule has 0 aliphatic carbocycles. The molecule has 3 rings (SSSR count). The number of aryl methyl sites for hydroxylation is 2. The maximum absolute atomic E-state index is 12.6. The summed E-state index contributed by atoms with van der Waals surface area (Å²) in [6.07, 6.45) is 2.17. The van der Waals surface area contributed by atoms with E-state index in [-0.39, 0.29) is 24.2 Å². The van der Waals surface area contributed by atoms with Gasteiger partial charge in [-0.3, -0.25) is 0 Å². The van der Waals surface area contributed by atoms with Crippen molar-refractivity contribution in [2.45, 2.75) is 51.8 Å². The zero-order valence-corrected chi connectivity index (χ0v) is 15.8. The Morgan fingerprint density at radius 3 is 2.46 bits per heavy atom. The summed E-state index contributed by atoms with van der Waals surface area (Å²) in [6.45, 7) is 6.98. The number of benzene rings is 2. The molecule has 4 heteroatoms. The van der Waals surface area contributed by atoms with Crippen LogP contribution in [-0.4, -0.2) is 24.8 Å². The van der Waals surface area contributed by atoms with Crippen molar-refractivity contribution in [3.8, 4) is 0 Å². The van der Waals surface area contributed by atoms with Crippen LogP contribution in [0.2, 0.25) is 0 Å². The fourth-order valence-corrected chi connectivity index (χ4v) is 3.42. The van der Waals surface area contributed by atoms with Crippen molar-refractivity contribution in [2.24, 2.45) is 0 Å². The van der Waals surface area contributed by atoms with Gasteiger partial charge in [-0.15, -0.1) is 0 Å². The molecule has 2 amide bonds. The van der Waals surface area contributed by atoms with Crippen molar-refractivity contribution in [2.75, 3.05) is 6.61 Å². The SMILES string of the molecule is Cc1ccc(C(NC(=O)NC(C)C2CCCO2)c2ccccc2)cc1C. The number of hydrogen-bond donors (Lipinski definition) is 2. The van der Waals surface area contributed by atoms with E-state index in [4.69, 9.17) is 4.74 Å². The molecule has 2 aromatic carbocycles. The average molecular weight is 352 g/mol. The molecule has 2 aromatic rings. The predicted molar refractivity (Wildman–Crippen MR) is 104 cm³/mol. The third-order valence-electron chi connectivity index (χ3n) is 5.15. The van der Waals surface area contributed by atoms with E-state index in [1.807, 2.05) is 37.3 Å². The highest BCUT2D eigenvalue weighted by atomic mass is 16.5. The largest absolute Gasteiger partial charge is 0.376 e. The normalized spacial score (nSPS) is 19.0. The van der Waals surface area contributed by atoms with Crippen LogP contribution < -0.4 is 10.6 Å². The van der Waals surface area contributed by atoms with E-state index in [1.165, 1.54) is 11.1 Å². The van der Waals surface area contributed by atoms with Crippen molar-refractivity contribution in [3.63, 3.8) is 0 Å². The smallest absolute Gasteiger partial charge is 0.315 e. The van der Waals surface area contributed by atoms with E-state index in [1.54, 1.807) is 0 Å². The topological polar surface area (TPSA) is 50.4 Å². The van der Waals surface area contributed by atoms with Gasteiger partial charge in [0.15, 0.2) is 0 Å². The lowest BCUT2D eigenvalue weighted by atomic mass is 9.96. The Morgan fingerprint density at radius 2 is 1.81 bits per heavy atom. The Bertz CT molecular complexity index is 739. The first-order valence-electron chi connectivity index (χ1n) is 9.35. The summed E-state index contributed by atoms with van der Waals surface area (Å²) in [5, 5.41) is 6.19. The quantitative estimate of drug-likeness (QED) is 0.845. The Balaban J connectivity index is 1.77. The molecular weight excluding hydrogens is 324 g/mol. The second-order valence-electron chi connectivity index (χ2n) is 7.15. The van der Waals surface area contributed by atoms with Crippen molar-refractivity contribution in [1.29, 1.82) is 0 Å². The molecular formula is C22H28N2O2. The first-order valence-corrected chi connectivity index (χ1v) is 9.35. The van der Waals surface area contributed by atoms with E-state index in [0.29, 0.717) is 0 Å². The Labute approximate surface area is 156 Å².